The molecule has 0 radical (unpaired) electrons. The summed E-state index contributed by atoms with van der Waals surface area (Å²) in [4.78, 5) is 11.3. The van der Waals surface area contributed by atoms with Gasteiger partial charge in [0.2, 0.25) is 0 Å². The van der Waals surface area contributed by atoms with Crippen LogP contribution in [0.25, 0.3) is 10.2 Å². The Morgan fingerprint density at radius 3 is 2.65 bits per heavy atom. The molecule has 2 aromatic rings. The largest absolute Gasteiger partial charge is 0.367 e. The molecule has 20 heavy (non-hydrogen) atoms. The standard InChI is InChI=1S/C15H21N3S2/c1-9-10(2)20-15-13(9)14(16-8-17-15)18-11-4-6-12(19-3)7-5-11/h8,11-12H,4-7H2,1-3H3,(H,16,17,18). The van der Waals surface area contributed by atoms with Gasteiger partial charge in [-0.05, 0) is 51.3 Å². The van der Waals surface area contributed by atoms with E-state index in [-0.39, 0.29) is 0 Å². The van der Waals surface area contributed by atoms with E-state index in [0.29, 0.717) is 6.04 Å². The summed E-state index contributed by atoms with van der Waals surface area (Å²) in [5, 5.41) is 5.74. The number of nitrogens with zero attached hydrogens (tertiary/aromatic N) is 2. The fraction of sp³-hybridized carbons (Fsp3) is 0.600. The van der Waals surface area contributed by atoms with Crippen LogP contribution in [0.5, 0.6) is 0 Å². The van der Waals surface area contributed by atoms with E-state index in [1.807, 2.05) is 11.8 Å². The highest BCUT2D eigenvalue weighted by Crippen LogP contribution is 2.34. The molecule has 0 spiro atoms. The van der Waals surface area contributed by atoms with Crippen molar-refractivity contribution in [2.24, 2.45) is 0 Å². The van der Waals surface area contributed by atoms with Crippen molar-refractivity contribution >= 4 is 39.1 Å². The third-order valence-electron chi connectivity index (χ3n) is 4.31. The first kappa shape index (κ1) is 14.1. The zero-order chi connectivity index (χ0) is 14.1. The Kier molecular flexibility index (Phi) is 4.17. The number of fused-ring (bicyclic) bond motifs is 1. The average Bonchev–Trinajstić information content (AvgIpc) is 2.76. The summed E-state index contributed by atoms with van der Waals surface area (Å²) in [5.41, 5.74) is 1.32. The summed E-state index contributed by atoms with van der Waals surface area (Å²) in [6.07, 6.45) is 9.04. The van der Waals surface area contributed by atoms with Crippen LogP contribution >= 0.6 is 23.1 Å². The molecule has 1 saturated carbocycles. The second kappa shape index (κ2) is 5.90. The van der Waals surface area contributed by atoms with E-state index in [2.05, 4.69) is 35.4 Å². The molecule has 0 unspecified atom stereocenters. The predicted molar refractivity (Wildman–Crippen MR) is 90.1 cm³/mol. The van der Waals surface area contributed by atoms with Gasteiger partial charge in [-0.15, -0.1) is 11.3 Å². The van der Waals surface area contributed by atoms with Crippen LogP contribution in [0, 0.1) is 13.8 Å². The number of hydrogen-bond acceptors (Lipinski definition) is 5. The average molecular weight is 307 g/mol. The Morgan fingerprint density at radius 2 is 1.95 bits per heavy atom. The molecule has 0 bridgehead atoms. The Labute approximate surface area is 128 Å². The lowest BCUT2D eigenvalue weighted by molar-refractivity contribution is 0.472. The van der Waals surface area contributed by atoms with E-state index in [1.54, 1.807) is 17.7 Å². The minimum Gasteiger partial charge on any atom is -0.367 e. The van der Waals surface area contributed by atoms with E-state index >= 15 is 0 Å². The first-order chi connectivity index (χ1) is 9.69. The van der Waals surface area contributed by atoms with Crippen molar-refractivity contribution < 1.29 is 0 Å². The van der Waals surface area contributed by atoms with Crippen LogP contribution in [-0.4, -0.2) is 27.5 Å². The number of rotatable bonds is 3. The van der Waals surface area contributed by atoms with Gasteiger partial charge in [-0.3, -0.25) is 0 Å². The van der Waals surface area contributed by atoms with Crippen LogP contribution in [-0.2, 0) is 0 Å². The highest BCUT2D eigenvalue weighted by molar-refractivity contribution is 7.99. The lowest BCUT2D eigenvalue weighted by Gasteiger charge is -2.28. The van der Waals surface area contributed by atoms with Crippen LogP contribution in [0.1, 0.15) is 36.1 Å². The number of hydrogen-bond donors (Lipinski definition) is 1. The lowest BCUT2D eigenvalue weighted by atomic mass is 9.95. The third kappa shape index (κ3) is 2.66. The third-order valence-corrected chi connectivity index (χ3v) is 6.57. The molecule has 108 valence electrons. The van der Waals surface area contributed by atoms with E-state index in [4.69, 9.17) is 0 Å². The Balaban J connectivity index is 1.81. The molecule has 2 heterocycles. The number of aromatic nitrogens is 2. The van der Waals surface area contributed by atoms with Crippen molar-refractivity contribution in [3.05, 3.63) is 16.8 Å². The number of aryl methyl sites for hydroxylation is 2. The lowest BCUT2D eigenvalue weighted by Crippen LogP contribution is -2.27. The second-order valence-electron chi connectivity index (χ2n) is 5.54. The smallest absolute Gasteiger partial charge is 0.138 e. The molecular formula is C15H21N3S2. The summed E-state index contributed by atoms with van der Waals surface area (Å²) in [7, 11) is 0. The maximum Gasteiger partial charge on any atom is 0.138 e. The van der Waals surface area contributed by atoms with Crippen molar-refractivity contribution in [3.63, 3.8) is 0 Å². The van der Waals surface area contributed by atoms with E-state index < -0.39 is 0 Å². The maximum absolute atomic E-state index is 4.49. The van der Waals surface area contributed by atoms with Crippen LogP contribution in [0.4, 0.5) is 5.82 Å². The topological polar surface area (TPSA) is 37.8 Å². The Bertz CT molecular complexity index is 600. The predicted octanol–water partition coefficient (Wildman–Crippen LogP) is 4.39. The first-order valence-corrected chi connectivity index (χ1v) is 9.29. The van der Waals surface area contributed by atoms with Crippen LogP contribution in [0.2, 0.25) is 0 Å². The van der Waals surface area contributed by atoms with Crippen molar-refractivity contribution in [2.75, 3.05) is 11.6 Å². The highest BCUT2D eigenvalue weighted by Gasteiger charge is 2.22. The molecule has 3 rings (SSSR count). The van der Waals surface area contributed by atoms with Crippen LogP contribution in [0.15, 0.2) is 6.33 Å². The summed E-state index contributed by atoms with van der Waals surface area (Å²) < 4.78 is 0. The van der Waals surface area contributed by atoms with Crippen LogP contribution in [0.3, 0.4) is 0 Å². The van der Waals surface area contributed by atoms with Gasteiger partial charge in [-0.25, -0.2) is 9.97 Å². The fourth-order valence-corrected chi connectivity index (χ4v) is 4.67. The molecule has 3 nitrogen and oxygen atoms in total. The number of anilines is 1. The molecule has 0 aliphatic heterocycles. The van der Waals surface area contributed by atoms with E-state index in [1.165, 1.54) is 41.5 Å². The summed E-state index contributed by atoms with van der Waals surface area (Å²) in [5.74, 6) is 1.03. The fourth-order valence-electron chi connectivity index (χ4n) is 2.93. The minimum absolute atomic E-state index is 0.566. The molecule has 5 heteroatoms. The summed E-state index contributed by atoms with van der Waals surface area (Å²) in [6, 6.07) is 0.566. The highest BCUT2D eigenvalue weighted by atomic mass is 32.2. The molecule has 0 saturated heterocycles. The molecular weight excluding hydrogens is 286 g/mol. The Morgan fingerprint density at radius 1 is 1.20 bits per heavy atom. The van der Waals surface area contributed by atoms with Crippen molar-refractivity contribution in [2.45, 2.75) is 50.8 Å². The zero-order valence-corrected chi connectivity index (χ0v) is 13.9. The minimum atomic E-state index is 0.566. The molecule has 0 aromatic carbocycles. The molecule has 2 aromatic heterocycles. The molecule has 1 aliphatic carbocycles. The number of thioether (sulfide) groups is 1. The van der Waals surface area contributed by atoms with Gasteiger partial charge in [-0.2, -0.15) is 11.8 Å². The number of nitrogens with one attached hydrogen (secondary N) is 1. The molecule has 1 N–H and O–H groups in total. The van der Waals surface area contributed by atoms with E-state index in [0.717, 1.165) is 15.9 Å². The van der Waals surface area contributed by atoms with Gasteiger partial charge in [0.1, 0.15) is 17.0 Å². The monoisotopic (exact) mass is 307 g/mol. The van der Waals surface area contributed by atoms with Gasteiger partial charge >= 0.3 is 0 Å². The first-order valence-electron chi connectivity index (χ1n) is 7.19. The number of thiophene rings is 1. The van der Waals surface area contributed by atoms with Gasteiger partial charge in [0.15, 0.2) is 0 Å². The molecule has 0 atom stereocenters. The van der Waals surface area contributed by atoms with E-state index in [9.17, 15) is 0 Å². The van der Waals surface area contributed by atoms with Gasteiger partial charge in [0.05, 0.1) is 5.39 Å². The maximum atomic E-state index is 4.49. The van der Waals surface area contributed by atoms with Gasteiger partial charge in [-0.1, -0.05) is 0 Å². The molecule has 1 fully saturated rings. The second-order valence-corrected chi connectivity index (χ2v) is 7.88. The van der Waals surface area contributed by atoms with Gasteiger partial charge in [0.25, 0.3) is 0 Å². The zero-order valence-electron chi connectivity index (χ0n) is 12.3. The quantitative estimate of drug-likeness (QED) is 0.912. The van der Waals surface area contributed by atoms with Crippen molar-refractivity contribution in [1.29, 1.82) is 0 Å². The van der Waals surface area contributed by atoms with Crippen LogP contribution < -0.4 is 5.32 Å². The SMILES string of the molecule is CSC1CCC(Nc2ncnc3sc(C)c(C)c23)CC1. The van der Waals surface area contributed by atoms with Gasteiger partial charge < -0.3 is 5.32 Å². The summed E-state index contributed by atoms with van der Waals surface area (Å²) >= 11 is 3.78. The molecule has 0 amide bonds. The van der Waals surface area contributed by atoms with Crippen molar-refractivity contribution in [1.82, 2.24) is 9.97 Å². The normalized spacial score (nSPS) is 23.1. The Hall–Kier alpha value is -0.810. The summed E-state index contributed by atoms with van der Waals surface area (Å²) in [6.45, 7) is 4.34. The van der Waals surface area contributed by atoms with Gasteiger partial charge in [0, 0.05) is 16.2 Å². The molecule has 1 aliphatic rings. The van der Waals surface area contributed by atoms with Crippen molar-refractivity contribution in [3.8, 4) is 0 Å².